The number of piperidine rings is 1. The summed E-state index contributed by atoms with van der Waals surface area (Å²) in [5.74, 6) is 1.24. The van der Waals surface area contributed by atoms with Crippen molar-refractivity contribution in [2.75, 3.05) is 16.8 Å². The minimum Gasteiger partial charge on any atom is -0.443 e. The van der Waals surface area contributed by atoms with Crippen molar-refractivity contribution < 1.29 is 14.5 Å². The lowest BCUT2D eigenvalue weighted by molar-refractivity contribution is -0.384. The lowest BCUT2D eigenvalue weighted by atomic mass is 9.91. The Morgan fingerprint density at radius 2 is 2.08 bits per heavy atom. The van der Waals surface area contributed by atoms with Crippen molar-refractivity contribution in [2.45, 2.75) is 91.0 Å². The van der Waals surface area contributed by atoms with E-state index in [2.05, 4.69) is 43.4 Å². The maximum Gasteiger partial charge on any atom is 0.416 e. The van der Waals surface area contributed by atoms with E-state index in [9.17, 15) is 14.9 Å². The van der Waals surface area contributed by atoms with E-state index in [1.807, 2.05) is 0 Å². The number of amides is 1. The van der Waals surface area contributed by atoms with E-state index in [-0.39, 0.29) is 29.7 Å². The van der Waals surface area contributed by atoms with Crippen LogP contribution >= 0.6 is 0 Å². The van der Waals surface area contributed by atoms with Gasteiger partial charge in [-0.3, -0.25) is 15.0 Å². The number of hydrogen-bond acceptors (Lipinski definition) is 8. The molecule has 1 saturated heterocycles. The molecule has 39 heavy (non-hydrogen) atoms. The Labute approximate surface area is 229 Å². The number of ether oxygens (including phenoxy) is 1. The van der Waals surface area contributed by atoms with E-state index in [0.717, 1.165) is 24.9 Å². The van der Waals surface area contributed by atoms with E-state index in [4.69, 9.17) is 9.72 Å². The van der Waals surface area contributed by atoms with Gasteiger partial charge in [0, 0.05) is 41.9 Å². The summed E-state index contributed by atoms with van der Waals surface area (Å²) in [5, 5.41) is 23.1. The van der Waals surface area contributed by atoms with E-state index in [0.29, 0.717) is 22.8 Å². The van der Waals surface area contributed by atoms with Crippen LogP contribution in [0.3, 0.4) is 0 Å². The van der Waals surface area contributed by atoms with Crippen LogP contribution in [0.15, 0.2) is 36.5 Å². The van der Waals surface area contributed by atoms with Gasteiger partial charge >= 0.3 is 6.09 Å². The molecule has 0 unspecified atom stereocenters. The monoisotopic (exact) mass is 537 g/mol. The number of carbonyl (C=O) groups is 1. The van der Waals surface area contributed by atoms with Gasteiger partial charge in [-0.25, -0.2) is 9.78 Å². The topological polar surface area (TPSA) is 127 Å². The molecule has 0 bridgehead atoms. The number of aromatic nitrogens is 3. The van der Waals surface area contributed by atoms with Gasteiger partial charge in [0.25, 0.3) is 5.69 Å². The van der Waals surface area contributed by atoms with Crippen LogP contribution in [-0.4, -0.2) is 49.3 Å². The lowest BCUT2D eigenvalue weighted by Crippen LogP contribution is -2.50. The average Bonchev–Trinajstić information content (AvgIpc) is 3.27. The number of hydrogen-bond donors (Lipinski definition) is 2. The summed E-state index contributed by atoms with van der Waals surface area (Å²) < 4.78 is 7.42. The fourth-order valence-corrected chi connectivity index (χ4v) is 4.60. The van der Waals surface area contributed by atoms with Gasteiger partial charge < -0.3 is 15.4 Å². The van der Waals surface area contributed by atoms with Crippen molar-refractivity contribution in [1.29, 1.82) is 0 Å². The van der Waals surface area contributed by atoms with Crippen LogP contribution in [0, 0.1) is 10.1 Å². The largest absolute Gasteiger partial charge is 0.443 e. The smallest absolute Gasteiger partial charge is 0.416 e. The van der Waals surface area contributed by atoms with Gasteiger partial charge in [0.1, 0.15) is 17.2 Å². The molecular weight excluding hydrogens is 498 g/mol. The van der Waals surface area contributed by atoms with Crippen LogP contribution < -0.4 is 15.5 Å². The van der Waals surface area contributed by atoms with Gasteiger partial charge in [-0.05, 0) is 58.9 Å². The first-order valence-electron chi connectivity index (χ1n) is 13.4. The highest BCUT2D eigenvalue weighted by Crippen LogP contribution is 2.30. The number of rotatable bonds is 7. The SMILES string of the molecule is CC(C)c1cnn2c(N(Cc3cccc([N+](=O)[O-])c3)C(=O)OC(C)(C)C)cc(N[C@H]3CCC(C)(C)NC3)nc12. The second kappa shape index (κ2) is 10.8. The lowest BCUT2D eigenvalue weighted by Gasteiger charge is -2.36. The summed E-state index contributed by atoms with van der Waals surface area (Å²) in [7, 11) is 0. The van der Waals surface area contributed by atoms with Crippen LogP contribution in [0.4, 0.5) is 22.1 Å². The Kier molecular flexibility index (Phi) is 7.83. The number of nitrogens with zero attached hydrogens (tertiary/aromatic N) is 5. The summed E-state index contributed by atoms with van der Waals surface area (Å²) in [4.78, 5) is 30.9. The summed E-state index contributed by atoms with van der Waals surface area (Å²) in [6, 6.07) is 8.21. The zero-order valence-corrected chi connectivity index (χ0v) is 23.8. The highest BCUT2D eigenvalue weighted by molar-refractivity contribution is 5.88. The first-order valence-corrected chi connectivity index (χ1v) is 13.4. The molecule has 2 aromatic heterocycles. The minimum atomic E-state index is -0.751. The molecule has 0 radical (unpaired) electrons. The molecule has 1 aliphatic heterocycles. The number of benzene rings is 1. The minimum absolute atomic E-state index is 0.0468. The number of carbonyl (C=O) groups excluding carboxylic acids is 1. The van der Waals surface area contributed by atoms with Gasteiger partial charge in [-0.15, -0.1) is 0 Å². The maximum atomic E-state index is 13.6. The highest BCUT2D eigenvalue weighted by atomic mass is 16.6. The van der Waals surface area contributed by atoms with Crippen LogP contribution in [0.25, 0.3) is 5.65 Å². The van der Waals surface area contributed by atoms with Crippen molar-refractivity contribution in [3.05, 3.63) is 57.8 Å². The quantitative estimate of drug-likeness (QED) is 0.293. The maximum absolute atomic E-state index is 13.6. The Morgan fingerprint density at radius 1 is 1.33 bits per heavy atom. The fourth-order valence-electron chi connectivity index (χ4n) is 4.60. The molecule has 1 fully saturated rings. The zero-order chi connectivity index (χ0) is 28.5. The molecule has 1 aliphatic rings. The summed E-state index contributed by atoms with van der Waals surface area (Å²) in [6.07, 6.45) is 3.17. The molecule has 1 aromatic carbocycles. The summed E-state index contributed by atoms with van der Waals surface area (Å²) >= 11 is 0. The Hall–Kier alpha value is -3.73. The number of nitrogens with one attached hydrogen (secondary N) is 2. The second-order valence-electron chi connectivity index (χ2n) is 12.1. The van der Waals surface area contributed by atoms with Gasteiger partial charge in [0.05, 0.1) is 17.7 Å². The predicted molar refractivity (Wildman–Crippen MR) is 151 cm³/mol. The molecule has 2 N–H and O–H groups in total. The number of nitro groups is 1. The average molecular weight is 538 g/mol. The number of nitro benzene ring substituents is 1. The van der Waals surface area contributed by atoms with Gasteiger partial charge in [0.15, 0.2) is 5.65 Å². The zero-order valence-electron chi connectivity index (χ0n) is 23.8. The molecule has 11 nitrogen and oxygen atoms in total. The number of non-ortho nitro benzene ring substituents is 1. The van der Waals surface area contributed by atoms with Crippen molar-refractivity contribution in [3.63, 3.8) is 0 Å². The van der Waals surface area contributed by atoms with Gasteiger partial charge in [-0.2, -0.15) is 9.61 Å². The molecule has 0 saturated carbocycles. The molecule has 0 aliphatic carbocycles. The molecular formula is C28H39N7O4. The summed E-state index contributed by atoms with van der Waals surface area (Å²) in [6.45, 7) is 14.8. The molecule has 3 heterocycles. The molecule has 1 atom stereocenters. The Bertz CT molecular complexity index is 1350. The standard InChI is InChI=1S/C28H39N7O4/c1-18(2)22-16-30-34-24(14-23(32-25(22)34)31-20-11-12-28(6,7)29-15-20)33(26(36)39-27(3,4)5)17-19-9-8-10-21(13-19)35(37)38/h8-10,13-14,16,18,20,29H,11-12,15,17H2,1-7H3,(H,31,32)/t20-/m0/s1. The molecule has 210 valence electrons. The van der Waals surface area contributed by atoms with Crippen LogP contribution in [-0.2, 0) is 11.3 Å². The van der Waals surface area contributed by atoms with Crippen molar-refractivity contribution in [3.8, 4) is 0 Å². The number of anilines is 2. The molecule has 4 rings (SSSR count). The summed E-state index contributed by atoms with van der Waals surface area (Å²) in [5.41, 5.74) is 1.46. The molecule has 1 amide bonds. The van der Waals surface area contributed by atoms with E-state index in [1.165, 1.54) is 17.0 Å². The number of fused-ring (bicyclic) bond motifs is 1. The van der Waals surface area contributed by atoms with E-state index < -0.39 is 16.6 Å². The first kappa shape index (κ1) is 28.3. The third kappa shape index (κ3) is 6.83. The van der Waals surface area contributed by atoms with Crippen molar-refractivity contribution in [1.82, 2.24) is 19.9 Å². The fraction of sp³-hybridized carbons (Fsp3) is 0.536. The molecule has 11 heteroatoms. The van der Waals surface area contributed by atoms with Gasteiger partial charge in [0.2, 0.25) is 0 Å². The van der Waals surface area contributed by atoms with Crippen molar-refractivity contribution >= 4 is 29.1 Å². The van der Waals surface area contributed by atoms with Gasteiger partial charge in [-0.1, -0.05) is 26.0 Å². The second-order valence-corrected chi connectivity index (χ2v) is 12.1. The van der Waals surface area contributed by atoms with E-state index in [1.54, 1.807) is 49.7 Å². The normalized spacial score (nSPS) is 17.3. The molecule has 3 aromatic rings. The highest BCUT2D eigenvalue weighted by Gasteiger charge is 2.30. The van der Waals surface area contributed by atoms with Crippen LogP contribution in [0.5, 0.6) is 0 Å². The third-order valence-corrected chi connectivity index (χ3v) is 6.75. The Morgan fingerprint density at radius 3 is 2.69 bits per heavy atom. The third-order valence-electron chi connectivity index (χ3n) is 6.75. The predicted octanol–water partition coefficient (Wildman–Crippen LogP) is 5.65. The Balaban J connectivity index is 1.80. The van der Waals surface area contributed by atoms with Crippen LogP contribution in [0.2, 0.25) is 0 Å². The van der Waals surface area contributed by atoms with Crippen LogP contribution in [0.1, 0.15) is 78.4 Å². The first-order chi connectivity index (χ1) is 18.2. The van der Waals surface area contributed by atoms with E-state index >= 15 is 0 Å². The molecule has 0 spiro atoms. The van der Waals surface area contributed by atoms with Crippen molar-refractivity contribution in [2.24, 2.45) is 0 Å².